The average molecular weight is 161 g/mol. The normalized spacial score (nSPS) is 15.0. The van der Waals surface area contributed by atoms with Crippen LogP contribution in [-0.2, 0) is 4.74 Å². The smallest absolute Gasteiger partial charge is 0.0684 e. The minimum absolute atomic E-state index is 0.117. The van der Waals surface area contributed by atoms with Crippen LogP contribution in [0.5, 0.6) is 0 Å². The van der Waals surface area contributed by atoms with E-state index in [0.717, 1.165) is 0 Å². The SMILES string of the molecule is CC(C)(C)OCCC(O)CN. The van der Waals surface area contributed by atoms with Crippen LogP contribution in [0.15, 0.2) is 0 Å². The van der Waals surface area contributed by atoms with Gasteiger partial charge in [-0.1, -0.05) is 0 Å². The van der Waals surface area contributed by atoms with Gasteiger partial charge >= 0.3 is 0 Å². The van der Waals surface area contributed by atoms with E-state index in [-0.39, 0.29) is 5.60 Å². The number of aliphatic hydroxyl groups excluding tert-OH is 1. The lowest BCUT2D eigenvalue weighted by atomic mass is 10.2. The number of hydrogen-bond donors (Lipinski definition) is 2. The molecule has 0 saturated carbocycles. The van der Waals surface area contributed by atoms with Crippen LogP contribution in [0.3, 0.4) is 0 Å². The summed E-state index contributed by atoms with van der Waals surface area (Å²) in [7, 11) is 0. The van der Waals surface area contributed by atoms with Crippen LogP contribution in [0.2, 0.25) is 0 Å². The van der Waals surface area contributed by atoms with Crippen molar-refractivity contribution in [2.45, 2.75) is 38.9 Å². The van der Waals surface area contributed by atoms with Crippen LogP contribution in [0.25, 0.3) is 0 Å². The van der Waals surface area contributed by atoms with Crippen molar-refractivity contribution in [3.63, 3.8) is 0 Å². The summed E-state index contributed by atoms with van der Waals surface area (Å²) < 4.78 is 5.39. The zero-order valence-corrected chi connectivity index (χ0v) is 7.63. The quantitative estimate of drug-likeness (QED) is 0.631. The van der Waals surface area contributed by atoms with Crippen LogP contribution < -0.4 is 5.73 Å². The Hall–Kier alpha value is -0.120. The maximum Gasteiger partial charge on any atom is 0.0684 e. The predicted molar refractivity (Wildman–Crippen MR) is 45.4 cm³/mol. The van der Waals surface area contributed by atoms with Gasteiger partial charge in [0.15, 0.2) is 0 Å². The number of hydrogen-bond acceptors (Lipinski definition) is 3. The highest BCUT2D eigenvalue weighted by molar-refractivity contribution is 4.60. The molecule has 0 aromatic heterocycles. The minimum Gasteiger partial charge on any atom is -0.392 e. The Kier molecular flexibility index (Phi) is 4.65. The van der Waals surface area contributed by atoms with E-state index in [1.165, 1.54) is 0 Å². The van der Waals surface area contributed by atoms with Gasteiger partial charge < -0.3 is 15.6 Å². The summed E-state index contributed by atoms with van der Waals surface area (Å²) in [6, 6.07) is 0. The van der Waals surface area contributed by atoms with Crippen molar-refractivity contribution >= 4 is 0 Å². The fourth-order valence-electron chi connectivity index (χ4n) is 0.619. The van der Waals surface area contributed by atoms with Crippen molar-refractivity contribution in [2.24, 2.45) is 5.73 Å². The standard InChI is InChI=1S/C8H19NO2/c1-8(2,3)11-5-4-7(10)6-9/h7,10H,4-6,9H2,1-3H3. The van der Waals surface area contributed by atoms with Gasteiger partial charge in [0.25, 0.3) is 0 Å². The van der Waals surface area contributed by atoms with E-state index in [4.69, 9.17) is 15.6 Å². The maximum absolute atomic E-state index is 9.05. The number of ether oxygens (including phenoxy) is 1. The average Bonchev–Trinajstić information content (AvgIpc) is 1.85. The highest BCUT2D eigenvalue weighted by Gasteiger charge is 2.10. The molecule has 0 radical (unpaired) electrons. The zero-order chi connectivity index (χ0) is 8.91. The third kappa shape index (κ3) is 7.78. The van der Waals surface area contributed by atoms with Gasteiger partial charge in [-0.3, -0.25) is 0 Å². The first-order chi connectivity index (χ1) is 4.95. The lowest BCUT2D eigenvalue weighted by Gasteiger charge is -2.20. The summed E-state index contributed by atoms with van der Waals surface area (Å²) in [6.07, 6.45) is 0.200. The van der Waals surface area contributed by atoms with Crippen molar-refractivity contribution in [1.29, 1.82) is 0 Å². The Morgan fingerprint density at radius 1 is 1.45 bits per heavy atom. The topological polar surface area (TPSA) is 55.5 Å². The Morgan fingerprint density at radius 3 is 2.36 bits per heavy atom. The van der Waals surface area contributed by atoms with E-state index in [9.17, 15) is 0 Å². The van der Waals surface area contributed by atoms with Gasteiger partial charge in [-0.25, -0.2) is 0 Å². The molecule has 68 valence electrons. The second-order valence-electron chi connectivity index (χ2n) is 3.64. The van der Waals surface area contributed by atoms with Gasteiger partial charge in [0.05, 0.1) is 11.7 Å². The Labute approximate surface area is 68.5 Å². The molecule has 0 rings (SSSR count). The fraction of sp³-hybridized carbons (Fsp3) is 1.00. The Balaban J connectivity index is 3.28. The predicted octanol–water partition coefficient (Wildman–Crippen LogP) is 0.511. The molecule has 1 unspecified atom stereocenters. The third-order valence-electron chi connectivity index (χ3n) is 1.26. The first-order valence-electron chi connectivity index (χ1n) is 3.98. The molecule has 3 nitrogen and oxygen atoms in total. The van der Waals surface area contributed by atoms with Crippen LogP contribution >= 0.6 is 0 Å². The zero-order valence-electron chi connectivity index (χ0n) is 7.63. The molecule has 3 N–H and O–H groups in total. The van der Waals surface area contributed by atoms with Gasteiger partial charge in [-0.05, 0) is 27.2 Å². The van der Waals surface area contributed by atoms with Crippen molar-refractivity contribution in [3.8, 4) is 0 Å². The summed E-state index contributed by atoms with van der Waals surface area (Å²) >= 11 is 0. The molecule has 1 atom stereocenters. The first-order valence-corrected chi connectivity index (χ1v) is 3.98. The molecular formula is C8H19NO2. The van der Waals surface area contributed by atoms with E-state index >= 15 is 0 Å². The molecule has 0 aliphatic carbocycles. The summed E-state index contributed by atoms with van der Waals surface area (Å²) in [4.78, 5) is 0. The van der Waals surface area contributed by atoms with Crippen LogP contribution in [0.1, 0.15) is 27.2 Å². The second-order valence-corrected chi connectivity index (χ2v) is 3.64. The van der Waals surface area contributed by atoms with E-state index in [1.807, 2.05) is 20.8 Å². The lowest BCUT2D eigenvalue weighted by Crippen LogP contribution is -2.25. The highest BCUT2D eigenvalue weighted by atomic mass is 16.5. The summed E-state index contributed by atoms with van der Waals surface area (Å²) in [5.74, 6) is 0. The molecule has 0 aromatic carbocycles. The van der Waals surface area contributed by atoms with Gasteiger partial charge in [0.2, 0.25) is 0 Å². The van der Waals surface area contributed by atoms with Gasteiger partial charge in [0, 0.05) is 13.2 Å². The molecular weight excluding hydrogens is 142 g/mol. The van der Waals surface area contributed by atoms with Gasteiger partial charge in [0.1, 0.15) is 0 Å². The molecule has 0 heterocycles. The Morgan fingerprint density at radius 2 is 2.00 bits per heavy atom. The largest absolute Gasteiger partial charge is 0.392 e. The number of nitrogens with two attached hydrogens (primary N) is 1. The lowest BCUT2D eigenvalue weighted by molar-refractivity contribution is -0.0173. The summed E-state index contributed by atoms with van der Waals surface area (Å²) in [5, 5.41) is 9.05. The molecule has 0 aromatic rings. The number of aliphatic hydroxyl groups is 1. The van der Waals surface area contributed by atoms with Crippen molar-refractivity contribution in [1.82, 2.24) is 0 Å². The van der Waals surface area contributed by atoms with Gasteiger partial charge in [-0.15, -0.1) is 0 Å². The Bertz CT molecular complexity index is 98.8. The maximum atomic E-state index is 9.05. The fourth-order valence-corrected chi connectivity index (χ4v) is 0.619. The summed E-state index contributed by atoms with van der Waals surface area (Å²) in [5.41, 5.74) is 5.10. The van der Waals surface area contributed by atoms with E-state index in [1.54, 1.807) is 0 Å². The molecule has 3 heteroatoms. The summed E-state index contributed by atoms with van der Waals surface area (Å²) in [6.45, 7) is 6.85. The highest BCUT2D eigenvalue weighted by Crippen LogP contribution is 2.07. The third-order valence-corrected chi connectivity index (χ3v) is 1.26. The van der Waals surface area contributed by atoms with Crippen LogP contribution in [0, 0.1) is 0 Å². The second kappa shape index (κ2) is 4.70. The van der Waals surface area contributed by atoms with Crippen molar-refractivity contribution < 1.29 is 9.84 Å². The van der Waals surface area contributed by atoms with Crippen molar-refractivity contribution in [2.75, 3.05) is 13.2 Å². The molecule has 0 aliphatic heterocycles. The molecule has 0 amide bonds. The molecule has 0 aliphatic rings. The molecule has 0 bridgehead atoms. The monoisotopic (exact) mass is 161 g/mol. The number of rotatable bonds is 4. The van der Waals surface area contributed by atoms with Crippen LogP contribution in [0.4, 0.5) is 0 Å². The molecule has 0 fully saturated rings. The molecule has 11 heavy (non-hydrogen) atoms. The van der Waals surface area contributed by atoms with Crippen LogP contribution in [-0.4, -0.2) is 30.0 Å². The minimum atomic E-state index is -0.419. The van der Waals surface area contributed by atoms with E-state index < -0.39 is 6.10 Å². The first kappa shape index (κ1) is 10.9. The van der Waals surface area contributed by atoms with Crippen molar-refractivity contribution in [3.05, 3.63) is 0 Å². The molecule has 0 spiro atoms. The molecule has 0 saturated heterocycles. The van der Waals surface area contributed by atoms with Gasteiger partial charge in [-0.2, -0.15) is 0 Å². The van der Waals surface area contributed by atoms with E-state index in [2.05, 4.69) is 0 Å². The van der Waals surface area contributed by atoms with E-state index in [0.29, 0.717) is 19.6 Å².